The van der Waals surface area contributed by atoms with Crippen molar-refractivity contribution in [1.29, 1.82) is 0 Å². The zero-order valence-electron chi connectivity index (χ0n) is 34.6. The molecule has 4 heterocycles. The van der Waals surface area contributed by atoms with Crippen LogP contribution in [0.4, 0.5) is 0 Å². The van der Waals surface area contributed by atoms with Crippen molar-refractivity contribution in [2.24, 2.45) is 0 Å². The van der Waals surface area contributed by atoms with Gasteiger partial charge in [0.1, 0.15) is 11.3 Å². The summed E-state index contributed by atoms with van der Waals surface area (Å²) in [5, 5.41) is 19.9. The molecule has 0 N–H and O–H groups in total. The van der Waals surface area contributed by atoms with Crippen molar-refractivity contribution in [2.45, 2.75) is 20.8 Å². The molecule has 0 atom stereocenters. The van der Waals surface area contributed by atoms with Crippen LogP contribution in [0.5, 0.6) is 0 Å². The van der Waals surface area contributed by atoms with Gasteiger partial charge < -0.3 is 0 Å². The SMILES string of the molecule is C=Cc1cn2c(=O)c3ccc4c5ccc6c7ccc(-c8c(C)cc9c%10c8c(/C=C/C)ccc%10c(=O)n8c%10ccccc%10nc98)c(C)c7c(=C)c7ccc(c8ccc(c3c48)c2n1)c5c76. The monoisotopic (exact) mass is 806 g/mol. The van der Waals surface area contributed by atoms with Gasteiger partial charge >= 0.3 is 0 Å². The Balaban J connectivity index is 1.08. The van der Waals surface area contributed by atoms with Crippen LogP contribution in [0.15, 0.2) is 132 Å². The van der Waals surface area contributed by atoms with Gasteiger partial charge in [0.05, 0.1) is 16.7 Å². The molecule has 14 aromatic rings. The number of allylic oxidation sites excluding steroid dienone is 1. The lowest BCUT2D eigenvalue weighted by molar-refractivity contribution is 1.15. The van der Waals surface area contributed by atoms with Gasteiger partial charge in [-0.15, -0.1) is 0 Å². The van der Waals surface area contributed by atoms with Crippen molar-refractivity contribution in [3.05, 3.63) is 170 Å². The van der Waals surface area contributed by atoms with Crippen molar-refractivity contribution >= 4 is 138 Å². The average Bonchev–Trinajstić information content (AvgIpc) is 3.93. The van der Waals surface area contributed by atoms with E-state index in [9.17, 15) is 9.59 Å². The Bertz CT molecular complexity index is 4650. The van der Waals surface area contributed by atoms with Crippen LogP contribution in [0.3, 0.4) is 0 Å². The van der Waals surface area contributed by atoms with Crippen molar-refractivity contribution < 1.29 is 0 Å². The van der Waals surface area contributed by atoms with Crippen molar-refractivity contribution in [2.75, 3.05) is 0 Å². The summed E-state index contributed by atoms with van der Waals surface area (Å²) in [6.07, 6.45) is 7.67. The summed E-state index contributed by atoms with van der Waals surface area (Å²) in [5.41, 5.74) is 9.05. The molecule has 0 saturated heterocycles. The third kappa shape index (κ3) is 4.00. The molecule has 0 aliphatic heterocycles. The van der Waals surface area contributed by atoms with Crippen LogP contribution in [-0.2, 0) is 0 Å². The standard InChI is InChI=1S/C57H34N4O2/c1-6-10-30-13-14-42-53-43(55-59-44-11-8-9-12-45(44)61(55)57(42)63)25-27(3)46(48(30)53)32-15-17-34-35-19-20-37-39-22-24-41-52-40(54-58-31(7-2)26-60(54)56(41)62)23-21-38(51(39)52)36-18-16-33(49(35)50(36)37)29(5)47(34)28(32)4/h6-26H,2,5H2,1,3-4H3/b10-6+. The number of aryl methyl sites for hydroxylation is 2. The fraction of sp³-hybridized carbons (Fsp3) is 0.0526. The fourth-order valence-electron chi connectivity index (χ4n) is 11.7. The normalized spacial score (nSPS) is 12.9. The van der Waals surface area contributed by atoms with Gasteiger partial charge in [-0.1, -0.05) is 92.0 Å². The predicted molar refractivity (Wildman–Crippen MR) is 266 cm³/mol. The lowest BCUT2D eigenvalue weighted by atomic mass is 9.82. The van der Waals surface area contributed by atoms with E-state index in [-0.39, 0.29) is 11.1 Å². The van der Waals surface area contributed by atoms with Crippen molar-refractivity contribution in [3.63, 3.8) is 0 Å². The number of rotatable bonds is 3. The molecule has 0 aliphatic carbocycles. The minimum atomic E-state index is -0.0735. The van der Waals surface area contributed by atoms with Gasteiger partial charge in [0.25, 0.3) is 11.1 Å². The number of nitrogens with zero attached hydrogens (tertiary/aromatic N) is 4. The largest absolute Gasteiger partial charge is 0.268 e. The van der Waals surface area contributed by atoms with Crippen LogP contribution >= 0.6 is 0 Å². The van der Waals surface area contributed by atoms with E-state index in [1.54, 1.807) is 21.1 Å². The summed E-state index contributed by atoms with van der Waals surface area (Å²) < 4.78 is 3.44. The van der Waals surface area contributed by atoms with Gasteiger partial charge in [-0.25, -0.2) is 9.97 Å². The van der Waals surface area contributed by atoms with Gasteiger partial charge in [-0.3, -0.25) is 18.4 Å². The minimum Gasteiger partial charge on any atom is -0.268 e. The van der Waals surface area contributed by atoms with Gasteiger partial charge in [0, 0.05) is 38.5 Å². The van der Waals surface area contributed by atoms with Crippen molar-refractivity contribution in [1.82, 2.24) is 18.8 Å². The predicted octanol–water partition coefficient (Wildman–Crippen LogP) is 12.6. The molecular weight excluding hydrogens is 773 g/mol. The molecular formula is C57H34N4O2. The highest BCUT2D eigenvalue weighted by molar-refractivity contribution is 6.41. The quantitative estimate of drug-likeness (QED) is 0.132. The van der Waals surface area contributed by atoms with E-state index in [0.717, 1.165) is 114 Å². The van der Waals surface area contributed by atoms with E-state index >= 15 is 0 Å². The lowest BCUT2D eigenvalue weighted by Gasteiger charge is -2.22. The first-order chi connectivity index (χ1) is 30.8. The van der Waals surface area contributed by atoms with Crippen LogP contribution in [0.2, 0.25) is 0 Å². The minimum absolute atomic E-state index is 0.0594. The van der Waals surface area contributed by atoms with Gasteiger partial charge in [-0.2, -0.15) is 0 Å². The Morgan fingerprint density at radius 1 is 0.571 bits per heavy atom. The lowest BCUT2D eigenvalue weighted by Crippen LogP contribution is -2.14. The summed E-state index contributed by atoms with van der Waals surface area (Å²) >= 11 is 0. The molecule has 6 heteroatoms. The highest BCUT2D eigenvalue weighted by atomic mass is 16.1. The Morgan fingerprint density at radius 2 is 1.14 bits per heavy atom. The fourth-order valence-corrected chi connectivity index (χ4v) is 11.7. The molecule has 63 heavy (non-hydrogen) atoms. The van der Waals surface area contributed by atoms with Crippen LogP contribution < -0.4 is 16.3 Å². The van der Waals surface area contributed by atoms with Crippen molar-refractivity contribution in [3.8, 4) is 11.1 Å². The molecule has 14 rings (SSSR count). The third-order valence-electron chi connectivity index (χ3n) is 14.3. The highest BCUT2D eigenvalue weighted by Gasteiger charge is 2.25. The van der Waals surface area contributed by atoms with E-state index < -0.39 is 0 Å². The highest BCUT2D eigenvalue weighted by Crippen LogP contribution is 2.48. The maximum atomic E-state index is 14.5. The zero-order chi connectivity index (χ0) is 42.3. The molecule has 0 amide bonds. The number of pyridine rings is 2. The molecule has 0 spiro atoms. The molecule has 0 unspecified atom stereocenters. The molecule has 0 aliphatic rings. The van der Waals surface area contributed by atoms with Gasteiger partial charge in [0.2, 0.25) is 0 Å². The summed E-state index contributed by atoms with van der Waals surface area (Å²) in [4.78, 5) is 38.2. The van der Waals surface area contributed by atoms with Crippen LogP contribution in [0, 0.1) is 13.8 Å². The first kappa shape index (κ1) is 34.5. The number of imidazole rings is 2. The summed E-state index contributed by atoms with van der Waals surface area (Å²) in [6, 6.07) is 36.2. The Morgan fingerprint density at radius 3 is 1.86 bits per heavy atom. The summed E-state index contributed by atoms with van der Waals surface area (Å²) in [6.45, 7) is 15.2. The number of hydrogen-bond acceptors (Lipinski definition) is 4. The van der Waals surface area contributed by atoms with E-state index in [1.165, 1.54) is 16.2 Å². The number of aromatic nitrogens is 4. The second-order valence-corrected chi connectivity index (χ2v) is 17.3. The summed E-state index contributed by atoms with van der Waals surface area (Å²) in [7, 11) is 0. The molecule has 0 saturated carbocycles. The molecule has 4 aromatic heterocycles. The van der Waals surface area contributed by atoms with Crippen LogP contribution in [0.1, 0.15) is 29.3 Å². The summed E-state index contributed by atoms with van der Waals surface area (Å²) in [5.74, 6) is 0. The Kier molecular flexibility index (Phi) is 6.34. The van der Waals surface area contributed by atoms with E-state index in [2.05, 4.69) is 99.3 Å². The average molecular weight is 807 g/mol. The molecule has 0 bridgehead atoms. The zero-order valence-corrected chi connectivity index (χ0v) is 34.6. The first-order valence-corrected chi connectivity index (χ1v) is 21.3. The Labute approximate surface area is 357 Å². The smallest absolute Gasteiger partial charge is 0.264 e. The van der Waals surface area contributed by atoms with E-state index in [4.69, 9.17) is 16.5 Å². The van der Waals surface area contributed by atoms with E-state index in [1.807, 2.05) is 43.3 Å². The third-order valence-corrected chi connectivity index (χ3v) is 14.3. The number of fused-ring (bicyclic) bond motifs is 10. The second-order valence-electron chi connectivity index (χ2n) is 17.3. The van der Waals surface area contributed by atoms with Gasteiger partial charge in [-0.05, 0) is 161 Å². The first-order valence-electron chi connectivity index (χ1n) is 21.3. The van der Waals surface area contributed by atoms with Gasteiger partial charge in [0.15, 0.2) is 0 Å². The topological polar surface area (TPSA) is 68.7 Å². The second kappa shape index (κ2) is 11.6. The number of benzene rings is 10. The Hall–Kier alpha value is -8.22. The maximum Gasteiger partial charge on any atom is 0.264 e. The molecule has 10 aromatic carbocycles. The molecule has 0 radical (unpaired) electrons. The van der Waals surface area contributed by atoms with Crippen LogP contribution in [-0.4, -0.2) is 18.8 Å². The van der Waals surface area contributed by atoms with E-state index in [0.29, 0.717) is 27.8 Å². The van der Waals surface area contributed by atoms with Crippen LogP contribution in [0.25, 0.3) is 149 Å². The maximum absolute atomic E-state index is 14.5. The molecule has 294 valence electrons. The molecule has 6 nitrogen and oxygen atoms in total. The molecule has 0 fully saturated rings. The number of hydrogen-bond donors (Lipinski definition) is 0. The number of para-hydroxylation sites is 2.